The smallest absolute Gasteiger partial charge is 0.254 e. The highest BCUT2D eigenvalue weighted by atomic mass is 19.2. The topological polar surface area (TPSA) is 25.9 Å². The summed E-state index contributed by atoms with van der Waals surface area (Å²) in [4.78, 5) is 12.4. The summed E-state index contributed by atoms with van der Waals surface area (Å²) < 4.78 is 298. The lowest BCUT2D eigenvalue weighted by Gasteiger charge is -2.44. The van der Waals surface area contributed by atoms with Crippen molar-refractivity contribution in [2.75, 3.05) is 0 Å². The van der Waals surface area contributed by atoms with Crippen molar-refractivity contribution < 1.29 is 97.2 Å². The summed E-state index contributed by atoms with van der Waals surface area (Å²) in [7, 11) is 2.03. The Balaban J connectivity index is 0.000000289. The zero-order chi connectivity index (χ0) is 48.5. The molecule has 0 aliphatic carbocycles. The van der Waals surface area contributed by atoms with Crippen LogP contribution in [0.5, 0.6) is 0 Å². The number of ketones is 1. The molecule has 0 saturated heterocycles. The van der Waals surface area contributed by atoms with Crippen LogP contribution in [-0.2, 0) is 13.6 Å². The van der Waals surface area contributed by atoms with Crippen LogP contribution >= 0.6 is 0 Å². The van der Waals surface area contributed by atoms with E-state index in [1.807, 2.05) is 56.4 Å². The molecule has 6 aromatic carbocycles. The van der Waals surface area contributed by atoms with E-state index in [4.69, 9.17) is 0 Å². The number of halogens is 20. The second-order valence-electron chi connectivity index (χ2n) is 13.8. The van der Waals surface area contributed by atoms with Gasteiger partial charge in [0.25, 0.3) is 5.82 Å². The van der Waals surface area contributed by atoms with Gasteiger partial charge in [-0.05, 0) is 12.1 Å². The van der Waals surface area contributed by atoms with Gasteiger partial charge < -0.3 is 0 Å². The van der Waals surface area contributed by atoms with E-state index in [-0.39, 0.29) is 5.78 Å². The van der Waals surface area contributed by atoms with E-state index in [0.29, 0.717) is 6.54 Å². The molecule has 65 heavy (non-hydrogen) atoms. The number of rotatable bonds is 7. The number of carbonyl (C=O) groups excluding carboxylic acids is 1. The fraction of sp³-hybridized carbons (Fsp3) is 0.0732. The Morgan fingerprint density at radius 3 is 0.985 bits per heavy atom. The third-order valence-corrected chi connectivity index (χ3v) is 10.5. The minimum atomic E-state index is -7.22. The molecule has 0 aliphatic rings. The maximum atomic E-state index is 15.4. The van der Waals surface area contributed by atoms with Crippen LogP contribution in [0.25, 0.3) is 11.0 Å². The summed E-state index contributed by atoms with van der Waals surface area (Å²) in [6.07, 6.45) is -7.22. The molecule has 0 fully saturated rings. The number of benzene rings is 6. The van der Waals surface area contributed by atoms with Gasteiger partial charge in [-0.3, -0.25) is 4.79 Å². The standard InChI is InChI=1S/C24BF20.C17H17N2O/c26-5-1(6(27)14(35)21(42)13(5)34)25(2-7(28)15(36)22(43)16(37)8(2)29,3-9(30)17(38)23(44)18(39)10(3)31)4-11(32)19(40)24(45)20(41)12(4)33;1-13-18(2)15-10-6-7-11-16(15)19(13)12-17(20)14-8-4-3-5-9-14/h;3-11H,12H2,1-2H3/q-1;+1. The minimum Gasteiger partial charge on any atom is -0.290 e. The van der Waals surface area contributed by atoms with Crippen molar-refractivity contribution in [1.29, 1.82) is 0 Å². The molecule has 0 N–H and O–H groups in total. The largest absolute Gasteiger partial charge is 0.290 e. The number of aromatic nitrogens is 2. The van der Waals surface area contributed by atoms with Crippen molar-refractivity contribution in [2.24, 2.45) is 7.05 Å². The highest BCUT2D eigenvalue weighted by molar-refractivity contribution is 7.20. The van der Waals surface area contributed by atoms with Crippen molar-refractivity contribution in [3.05, 3.63) is 182 Å². The van der Waals surface area contributed by atoms with E-state index in [2.05, 4.69) is 21.3 Å². The molecule has 7 aromatic rings. The van der Waals surface area contributed by atoms with Gasteiger partial charge in [0.15, 0.2) is 87.4 Å². The Morgan fingerprint density at radius 1 is 0.415 bits per heavy atom. The molecule has 3 nitrogen and oxygen atoms in total. The van der Waals surface area contributed by atoms with Gasteiger partial charge in [0.1, 0.15) is 52.7 Å². The van der Waals surface area contributed by atoms with Crippen molar-refractivity contribution in [3.8, 4) is 0 Å². The second kappa shape index (κ2) is 17.3. The number of fused-ring (bicyclic) bond motifs is 1. The van der Waals surface area contributed by atoms with Crippen molar-refractivity contribution in [2.45, 2.75) is 13.5 Å². The normalized spacial score (nSPS) is 11.7. The molecular formula is C41H17BF20N2O. The molecule has 0 spiro atoms. The van der Waals surface area contributed by atoms with Crippen molar-refractivity contribution >= 4 is 44.8 Å². The predicted molar refractivity (Wildman–Crippen MR) is 188 cm³/mol. The third-order valence-electron chi connectivity index (χ3n) is 10.5. The van der Waals surface area contributed by atoms with Gasteiger partial charge in [-0.15, -0.1) is 21.9 Å². The fourth-order valence-electron chi connectivity index (χ4n) is 7.44. The predicted octanol–water partition coefficient (Wildman–Crippen LogP) is 8.50. The number of aryl methyl sites for hydroxylation is 1. The average molecular weight is 944 g/mol. The first kappa shape index (κ1) is 47.6. The molecule has 24 heteroatoms. The Morgan fingerprint density at radius 2 is 0.677 bits per heavy atom. The van der Waals surface area contributed by atoms with Gasteiger partial charge in [-0.1, -0.05) is 42.5 Å². The van der Waals surface area contributed by atoms with Crippen LogP contribution in [0.2, 0.25) is 0 Å². The molecule has 0 radical (unpaired) electrons. The highest BCUT2D eigenvalue weighted by Crippen LogP contribution is 2.31. The Labute approximate surface area is 349 Å². The van der Waals surface area contributed by atoms with Crippen LogP contribution in [0.4, 0.5) is 87.8 Å². The first-order valence-electron chi connectivity index (χ1n) is 17.6. The summed E-state index contributed by atoms with van der Waals surface area (Å²) >= 11 is 0. The van der Waals surface area contributed by atoms with Gasteiger partial charge in [0, 0.05) is 12.5 Å². The third kappa shape index (κ3) is 7.12. The summed E-state index contributed by atoms with van der Waals surface area (Å²) in [5.41, 5.74) is -11.3. The van der Waals surface area contributed by atoms with Gasteiger partial charge in [0.05, 0.1) is 7.05 Å². The molecule has 0 atom stereocenters. The van der Waals surface area contributed by atoms with Crippen molar-refractivity contribution in [1.82, 2.24) is 4.57 Å². The number of hydrogen-bond donors (Lipinski definition) is 0. The molecule has 0 aliphatic heterocycles. The van der Waals surface area contributed by atoms with Gasteiger partial charge in [-0.2, -0.15) is 0 Å². The summed E-state index contributed by atoms with van der Waals surface area (Å²) in [5, 5.41) is 0. The fourth-order valence-corrected chi connectivity index (χ4v) is 7.44. The van der Waals surface area contributed by atoms with Crippen molar-refractivity contribution in [3.63, 3.8) is 0 Å². The quantitative estimate of drug-likeness (QED) is 0.0394. The molecule has 1 aromatic heterocycles. The zero-order valence-corrected chi connectivity index (χ0v) is 31.8. The molecule has 0 amide bonds. The van der Waals surface area contributed by atoms with Crippen LogP contribution in [0.1, 0.15) is 16.2 Å². The average Bonchev–Trinajstić information content (AvgIpc) is 3.53. The van der Waals surface area contributed by atoms with Gasteiger partial charge in [-0.25, -0.2) is 96.9 Å². The van der Waals surface area contributed by atoms with Crippen LogP contribution in [0.15, 0.2) is 54.6 Å². The van der Waals surface area contributed by atoms with Crippen LogP contribution in [0.3, 0.4) is 0 Å². The van der Waals surface area contributed by atoms with E-state index in [9.17, 15) is 57.5 Å². The van der Waals surface area contributed by atoms with E-state index >= 15 is 35.1 Å². The minimum absolute atomic E-state index is 0.134. The second-order valence-corrected chi connectivity index (χ2v) is 13.8. The number of nitrogens with zero attached hydrogens (tertiary/aromatic N) is 2. The first-order valence-corrected chi connectivity index (χ1v) is 17.6. The monoisotopic (exact) mass is 944 g/mol. The number of carbonyl (C=O) groups is 1. The number of Topliss-reactive ketones (excluding diaryl/α,β-unsaturated/α-hetero) is 1. The van der Waals surface area contributed by atoms with E-state index in [0.717, 1.165) is 22.4 Å². The summed E-state index contributed by atoms with van der Waals surface area (Å²) in [6, 6.07) is 17.6. The number of imidazole rings is 1. The number of hydrogen-bond acceptors (Lipinski definition) is 1. The SMILES string of the molecule is Cc1n(CC(=O)c2ccccc2)c2ccccc2[n+]1C.Fc1c(F)c(F)c([B-](c2c(F)c(F)c(F)c(F)c2F)(c2c(F)c(F)c(F)c(F)c2F)c2c(F)c(F)c(F)c(F)c2F)c(F)c1F. The molecule has 340 valence electrons. The van der Waals surface area contributed by atoms with E-state index in [1.54, 1.807) is 0 Å². The lowest BCUT2D eigenvalue weighted by Crippen LogP contribution is -2.81. The Kier molecular flexibility index (Phi) is 12.6. The number of para-hydroxylation sites is 2. The molecule has 1 heterocycles. The van der Waals surface area contributed by atoms with Gasteiger partial charge >= 0.3 is 0 Å². The van der Waals surface area contributed by atoms with Crippen LogP contribution in [0, 0.1) is 123 Å². The highest BCUT2D eigenvalue weighted by Gasteiger charge is 2.52. The van der Waals surface area contributed by atoms with E-state index < -0.39 is 144 Å². The van der Waals surface area contributed by atoms with Gasteiger partial charge in [0.2, 0.25) is 5.78 Å². The molecule has 7 rings (SSSR count). The molecule has 0 saturated carbocycles. The zero-order valence-electron chi connectivity index (χ0n) is 31.8. The Hall–Kier alpha value is -6.88. The van der Waals surface area contributed by atoms with E-state index in [1.165, 1.54) is 0 Å². The summed E-state index contributed by atoms with van der Waals surface area (Å²) in [5.74, 6) is -70.2. The first-order chi connectivity index (χ1) is 30.4. The lowest BCUT2D eigenvalue weighted by atomic mass is 9.12. The van der Waals surface area contributed by atoms with Crippen LogP contribution in [-0.4, -0.2) is 16.5 Å². The van der Waals surface area contributed by atoms with Crippen LogP contribution < -0.4 is 26.4 Å². The summed E-state index contributed by atoms with van der Waals surface area (Å²) in [6.45, 7) is 2.41. The lowest BCUT2D eigenvalue weighted by molar-refractivity contribution is -0.652. The molecule has 0 bridgehead atoms. The molecule has 0 unspecified atom stereocenters. The molecular weight excluding hydrogens is 927 g/mol. The Bertz CT molecular complexity index is 2740. The maximum absolute atomic E-state index is 15.4. The maximum Gasteiger partial charge on any atom is 0.254 e.